The minimum atomic E-state index is 0.0755. The van der Waals surface area contributed by atoms with E-state index in [1.54, 1.807) is 0 Å². The number of hydrogen-bond donors (Lipinski definition) is 1. The average molecular weight is 200 g/mol. The SMILES string of the molecule is CC1(C)CN=C/C=C\Nc2ccccc21. The number of benzene rings is 1. The molecule has 2 rings (SSSR count). The largest absolute Gasteiger partial charge is 0.361 e. The molecule has 15 heavy (non-hydrogen) atoms. The van der Waals surface area contributed by atoms with Gasteiger partial charge in [0.05, 0.1) is 0 Å². The van der Waals surface area contributed by atoms with Crippen molar-refractivity contribution in [3.05, 3.63) is 42.1 Å². The number of para-hydroxylation sites is 1. The molecule has 0 atom stereocenters. The van der Waals surface area contributed by atoms with E-state index in [0.29, 0.717) is 0 Å². The Labute approximate surface area is 90.7 Å². The van der Waals surface area contributed by atoms with Crippen LogP contribution in [-0.4, -0.2) is 12.8 Å². The predicted molar refractivity (Wildman–Crippen MR) is 65.6 cm³/mol. The smallest absolute Gasteiger partial charge is 0.0481 e. The fraction of sp³-hybridized carbons (Fsp3) is 0.308. The van der Waals surface area contributed by atoms with Crippen molar-refractivity contribution in [1.82, 2.24) is 0 Å². The van der Waals surface area contributed by atoms with Gasteiger partial charge in [0.1, 0.15) is 0 Å². The molecule has 1 aromatic carbocycles. The Kier molecular flexibility index (Phi) is 2.58. The second kappa shape index (κ2) is 3.89. The van der Waals surface area contributed by atoms with E-state index in [-0.39, 0.29) is 5.41 Å². The van der Waals surface area contributed by atoms with Crippen molar-refractivity contribution < 1.29 is 0 Å². The molecule has 1 aliphatic rings. The maximum atomic E-state index is 4.39. The molecule has 1 aromatic rings. The molecule has 0 saturated heterocycles. The molecule has 1 aliphatic heterocycles. The van der Waals surface area contributed by atoms with Crippen LogP contribution in [0, 0.1) is 0 Å². The number of hydrogen-bond acceptors (Lipinski definition) is 2. The molecule has 78 valence electrons. The second-order valence-corrected chi connectivity index (χ2v) is 4.42. The molecule has 0 aromatic heterocycles. The Hall–Kier alpha value is -1.57. The Morgan fingerprint density at radius 1 is 1.27 bits per heavy atom. The van der Waals surface area contributed by atoms with Crippen LogP contribution < -0.4 is 5.32 Å². The number of rotatable bonds is 0. The van der Waals surface area contributed by atoms with Gasteiger partial charge < -0.3 is 5.32 Å². The third-order valence-electron chi connectivity index (χ3n) is 2.67. The predicted octanol–water partition coefficient (Wildman–Crippen LogP) is 2.97. The van der Waals surface area contributed by atoms with E-state index in [9.17, 15) is 0 Å². The molecule has 0 aliphatic carbocycles. The minimum absolute atomic E-state index is 0.0755. The lowest BCUT2D eigenvalue weighted by atomic mass is 9.83. The Morgan fingerprint density at radius 3 is 2.93 bits per heavy atom. The molecule has 0 unspecified atom stereocenters. The number of anilines is 1. The highest BCUT2D eigenvalue weighted by Crippen LogP contribution is 2.30. The third-order valence-corrected chi connectivity index (χ3v) is 2.67. The quantitative estimate of drug-likeness (QED) is 0.684. The normalized spacial score (nSPS) is 20.4. The topological polar surface area (TPSA) is 24.4 Å². The zero-order chi connectivity index (χ0) is 10.7. The first-order chi connectivity index (χ1) is 7.20. The van der Waals surface area contributed by atoms with Gasteiger partial charge in [-0.1, -0.05) is 32.0 Å². The molecule has 0 amide bonds. The standard InChI is InChI=1S/C13H16N2/c1-13(2)10-14-8-5-9-15-12-7-4-3-6-11(12)13/h3-9,15H,10H2,1-2H3/b9-5-,14-8?. The van der Waals surface area contributed by atoms with Crippen LogP contribution in [-0.2, 0) is 5.41 Å². The van der Waals surface area contributed by atoms with E-state index in [0.717, 1.165) is 6.54 Å². The van der Waals surface area contributed by atoms with Crippen LogP contribution in [0.3, 0.4) is 0 Å². The van der Waals surface area contributed by atoms with Crippen molar-refractivity contribution in [1.29, 1.82) is 0 Å². The summed E-state index contributed by atoms with van der Waals surface area (Å²) in [4.78, 5) is 4.39. The molecule has 2 nitrogen and oxygen atoms in total. The van der Waals surface area contributed by atoms with Crippen molar-refractivity contribution in [3.63, 3.8) is 0 Å². The summed E-state index contributed by atoms with van der Waals surface area (Å²) in [6.45, 7) is 5.25. The number of aliphatic imine (C=N–C) groups is 1. The number of nitrogens with zero attached hydrogens (tertiary/aromatic N) is 1. The van der Waals surface area contributed by atoms with Gasteiger partial charge in [-0.2, -0.15) is 0 Å². The van der Waals surface area contributed by atoms with Crippen LogP contribution in [0.2, 0.25) is 0 Å². The summed E-state index contributed by atoms with van der Waals surface area (Å²) in [5, 5.41) is 3.29. The van der Waals surface area contributed by atoms with Crippen LogP contribution in [0.5, 0.6) is 0 Å². The molecule has 0 bridgehead atoms. The summed E-state index contributed by atoms with van der Waals surface area (Å²) in [6.07, 6.45) is 5.70. The molecule has 0 saturated carbocycles. The summed E-state index contributed by atoms with van der Waals surface area (Å²) < 4.78 is 0. The van der Waals surface area contributed by atoms with Crippen LogP contribution in [0.15, 0.2) is 41.5 Å². The zero-order valence-corrected chi connectivity index (χ0v) is 9.20. The third kappa shape index (κ3) is 2.09. The summed E-state index contributed by atoms with van der Waals surface area (Å²) in [5.41, 5.74) is 2.56. The van der Waals surface area contributed by atoms with Crippen LogP contribution >= 0.6 is 0 Å². The fourth-order valence-corrected chi connectivity index (χ4v) is 1.81. The van der Waals surface area contributed by atoms with Gasteiger partial charge in [0.25, 0.3) is 0 Å². The molecular weight excluding hydrogens is 184 g/mol. The summed E-state index contributed by atoms with van der Waals surface area (Å²) in [7, 11) is 0. The summed E-state index contributed by atoms with van der Waals surface area (Å²) in [6, 6.07) is 8.39. The van der Waals surface area contributed by atoms with Crippen molar-refractivity contribution >= 4 is 11.9 Å². The van der Waals surface area contributed by atoms with Crippen LogP contribution in [0.4, 0.5) is 5.69 Å². The Balaban J connectivity index is 2.49. The lowest BCUT2D eigenvalue weighted by molar-refractivity contribution is 0.543. The molecule has 1 N–H and O–H groups in total. The van der Waals surface area contributed by atoms with E-state index in [1.165, 1.54) is 11.3 Å². The van der Waals surface area contributed by atoms with Gasteiger partial charge in [-0.3, -0.25) is 4.99 Å². The Bertz CT molecular complexity index is 403. The average Bonchev–Trinajstić information content (AvgIpc) is 2.29. The summed E-state index contributed by atoms with van der Waals surface area (Å²) >= 11 is 0. The maximum Gasteiger partial charge on any atom is 0.0481 e. The first-order valence-electron chi connectivity index (χ1n) is 5.21. The van der Waals surface area contributed by atoms with Crippen LogP contribution in [0.1, 0.15) is 19.4 Å². The van der Waals surface area contributed by atoms with Gasteiger partial charge >= 0.3 is 0 Å². The highest BCUT2D eigenvalue weighted by Gasteiger charge is 2.22. The van der Waals surface area contributed by atoms with Gasteiger partial charge in [0.15, 0.2) is 0 Å². The van der Waals surface area contributed by atoms with Gasteiger partial charge in [0, 0.05) is 30.1 Å². The number of fused-ring (bicyclic) bond motifs is 1. The van der Waals surface area contributed by atoms with E-state index in [1.807, 2.05) is 18.5 Å². The fourth-order valence-electron chi connectivity index (χ4n) is 1.81. The zero-order valence-electron chi connectivity index (χ0n) is 9.20. The second-order valence-electron chi connectivity index (χ2n) is 4.42. The molecule has 0 radical (unpaired) electrons. The van der Waals surface area contributed by atoms with E-state index in [4.69, 9.17) is 0 Å². The minimum Gasteiger partial charge on any atom is -0.361 e. The maximum absolute atomic E-state index is 4.39. The summed E-state index contributed by atoms with van der Waals surface area (Å²) in [5.74, 6) is 0. The number of allylic oxidation sites excluding steroid dienone is 1. The van der Waals surface area contributed by atoms with Gasteiger partial charge in [-0.25, -0.2) is 0 Å². The van der Waals surface area contributed by atoms with Crippen molar-refractivity contribution in [3.8, 4) is 0 Å². The van der Waals surface area contributed by atoms with E-state index in [2.05, 4.69) is 48.4 Å². The monoisotopic (exact) mass is 200 g/mol. The van der Waals surface area contributed by atoms with E-state index < -0.39 is 0 Å². The van der Waals surface area contributed by atoms with Crippen molar-refractivity contribution in [2.24, 2.45) is 4.99 Å². The molecule has 1 heterocycles. The number of nitrogens with one attached hydrogen (secondary N) is 1. The lowest BCUT2D eigenvalue weighted by Crippen LogP contribution is -2.22. The van der Waals surface area contributed by atoms with Gasteiger partial charge in [-0.05, 0) is 17.7 Å². The molecular formula is C13H16N2. The highest BCUT2D eigenvalue weighted by atomic mass is 14.9. The molecule has 0 fully saturated rings. The highest BCUT2D eigenvalue weighted by molar-refractivity contribution is 5.72. The first kappa shape index (κ1) is 9.97. The van der Waals surface area contributed by atoms with Crippen molar-refractivity contribution in [2.75, 3.05) is 11.9 Å². The van der Waals surface area contributed by atoms with Gasteiger partial charge in [-0.15, -0.1) is 0 Å². The lowest BCUT2D eigenvalue weighted by Gasteiger charge is -2.25. The van der Waals surface area contributed by atoms with Crippen LogP contribution in [0.25, 0.3) is 0 Å². The van der Waals surface area contributed by atoms with Crippen molar-refractivity contribution in [2.45, 2.75) is 19.3 Å². The Morgan fingerprint density at radius 2 is 2.07 bits per heavy atom. The first-order valence-corrected chi connectivity index (χ1v) is 5.21. The van der Waals surface area contributed by atoms with E-state index >= 15 is 0 Å². The van der Waals surface area contributed by atoms with Gasteiger partial charge in [0.2, 0.25) is 0 Å². The molecule has 2 heteroatoms. The molecule has 0 spiro atoms.